The molecule has 0 aromatic heterocycles. The van der Waals surface area contributed by atoms with Gasteiger partial charge in [-0.15, -0.1) is 13.2 Å². The molecule has 2 aromatic carbocycles. The summed E-state index contributed by atoms with van der Waals surface area (Å²) in [6.45, 7) is 0. The summed E-state index contributed by atoms with van der Waals surface area (Å²) in [5.74, 6) is -0.429. The highest BCUT2D eigenvalue weighted by Gasteiger charge is 2.31. The standard InChI is InChI=1S/C14H9F6NO/c15-13(16,17)9-3-6-11(12(21)7-9)8-1-4-10(5-2-8)22-14(18,19)20/h1-7H,21H2. The summed E-state index contributed by atoms with van der Waals surface area (Å²) >= 11 is 0. The average Bonchev–Trinajstić information content (AvgIpc) is 2.37. The van der Waals surface area contributed by atoms with Gasteiger partial charge in [0, 0.05) is 11.3 Å². The van der Waals surface area contributed by atoms with E-state index in [0.29, 0.717) is 5.56 Å². The van der Waals surface area contributed by atoms with Crippen molar-refractivity contribution in [1.82, 2.24) is 0 Å². The maximum Gasteiger partial charge on any atom is 0.573 e. The number of halogens is 6. The van der Waals surface area contributed by atoms with E-state index < -0.39 is 23.9 Å². The zero-order valence-corrected chi connectivity index (χ0v) is 10.8. The van der Waals surface area contributed by atoms with Crippen LogP contribution in [0.1, 0.15) is 5.56 Å². The van der Waals surface area contributed by atoms with Gasteiger partial charge in [0.1, 0.15) is 5.75 Å². The van der Waals surface area contributed by atoms with Gasteiger partial charge in [0.2, 0.25) is 0 Å². The Labute approximate surface area is 121 Å². The Morgan fingerprint density at radius 1 is 0.818 bits per heavy atom. The minimum absolute atomic E-state index is 0.126. The number of alkyl halides is 6. The molecule has 0 unspecified atom stereocenters. The molecule has 0 atom stereocenters. The molecule has 0 saturated heterocycles. The lowest BCUT2D eigenvalue weighted by Gasteiger charge is -2.12. The van der Waals surface area contributed by atoms with Gasteiger partial charge in [-0.05, 0) is 29.8 Å². The fraction of sp³-hybridized carbons (Fsp3) is 0.143. The molecule has 8 heteroatoms. The molecule has 2 aromatic rings. The smallest absolute Gasteiger partial charge is 0.406 e. The van der Waals surface area contributed by atoms with Gasteiger partial charge < -0.3 is 10.5 Å². The first kappa shape index (κ1) is 16.0. The van der Waals surface area contributed by atoms with E-state index in [4.69, 9.17) is 5.73 Å². The highest BCUT2D eigenvalue weighted by molar-refractivity contribution is 5.77. The van der Waals surface area contributed by atoms with Crippen LogP contribution in [-0.4, -0.2) is 6.36 Å². The van der Waals surface area contributed by atoms with Gasteiger partial charge >= 0.3 is 12.5 Å². The summed E-state index contributed by atoms with van der Waals surface area (Å²) in [7, 11) is 0. The number of hydrogen-bond acceptors (Lipinski definition) is 2. The molecule has 0 amide bonds. The zero-order chi connectivity index (χ0) is 16.5. The van der Waals surface area contributed by atoms with Crippen LogP contribution in [0.4, 0.5) is 32.0 Å². The molecule has 0 aliphatic carbocycles. The lowest BCUT2D eigenvalue weighted by molar-refractivity contribution is -0.274. The van der Waals surface area contributed by atoms with Gasteiger partial charge in [-0.1, -0.05) is 18.2 Å². The fourth-order valence-electron chi connectivity index (χ4n) is 1.84. The lowest BCUT2D eigenvalue weighted by atomic mass is 10.0. The van der Waals surface area contributed by atoms with E-state index in [0.717, 1.165) is 30.3 Å². The van der Waals surface area contributed by atoms with E-state index >= 15 is 0 Å². The third kappa shape index (κ3) is 3.84. The fourth-order valence-corrected chi connectivity index (χ4v) is 1.84. The molecule has 22 heavy (non-hydrogen) atoms. The largest absolute Gasteiger partial charge is 0.573 e. The molecule has 0 saturated carbocycles. The molecular weight excluding hydrogens is 312 g/mol. The summed E-state index contributed by atoms with van der Waals surface area (Å²) < 4.78 is 77.4. The number of rotatable bonds is 2. The maximum atomic E-state index is 12.5. The Kier molecular flexibility index (Phi) is 3.95. The topological polar surface area (TPSA) is 35.2 Å². The average molecular weight is 321 g/mol. The summed E-state index contributed by atoms with van der Waals surface area (Å²) in [4.78, 5) is 0. The summed E-state index contributed by atoms with van der Waals surface area (Å²) in [6, 6.07) is 7.46. The predicted molar refractivity (Wildman–Crippen MR) is 68.0 cm³/mol. The Bertz CT molecular complexity index is 661. The predicted octanol–water partition coefficient (Wildman–Crippen LogP) is 4.85. The molecule has 0 radical (unpaired) electrons. The van der Waals surface area contributed by atoms with Crippen molar-refractivity contribution < 1.29 is 31.1 Å². The van der Waals surface area contributed by atoms with Crippen LogP contribution in [0.2, 0.25) is 0 Å². The van der Waals surface area contributed by atoms with Crippen molar-refractivity contribution in [3.05, 3.63) is 48.0 Å². The summed E-state index contributed by atoms with van der Waals surface area (Å²) in [6.07, 6.45) is -9.33. The first-order valence-electron chi connectivity index (χ1n) is 5.89. The second kappa shape index (κ2) is 5.43. The molecule has 2 N–H and O–H groups in total. The molecule has 0 aliphatic rings. The molecular formula is C14H9F6NO. The Balaban J connectivity index is 2.29. The number of nitrogens with two attached hydrogens (primary N) is 1. The molecule has 2 rings (SSSR count). The Hall–Kier alpha value is -2.38. The lowest BCUT2D eigenvalue weighted by Crippen LogP contribution is -2.16. The molecule has 118 valence electrons. The van der Waals surface area contributed by atoms with Gasteiger partial charge in [0.15, 0.2) is 0 Å². The molecule has 0 spiro atoms. The van der Waals surface area contributed by atoms with Gasteiger partial charge in [-0.2, -0.15) is 13.2 Å². The molecule has 0 fully saturated rings. The van der Waals surface area contributed by atoms with Gasteiger partial charge in [-0.25, -0.2) is 0 Å². The van der Waals surface area contributed by atoms with Gasteiger partial charge in [0.25, 0.3) is 0 Å². The minimum atomic E-state index is -4.81. The first-order chi connectivity index (χ1) is 10.1. The number of ether oxygens (including phenoxy) is 1. The Morgan fingerprint density at radius 3 is 1.86 bits per heavy atom. The van der Waals surface area contributed by atoms with Crippen LogP contribution < -0.4 is 10.5 Å². The third-order valence-corrected chi connectivity index (χ3v) is 2.78. The van der Waals surface area contributed by atoms with E-state index in [9.17, 15) is 26.3 Å². The maximum absolute atomic E-state index is 12.5. The monoisotopic (exact) mass is 321 g/mol. The minimum Gasteiger partial charge on any atom is -0.406 e. The van der Waals surface area contributed by atoms with Crippen LogP contribution in [-0.2, 0) is 6.18 Å². The van der Waals surface area contributed by atoms with E-state index in [1.807, 2.05) is 0 Å². The number of benzene rings is 2. The molecule has 0 heterocycles. The number of nitrogen functional groups attached to an aromatic ring is 1. The van der Waals surface area contributed by atoms with Crippen molar-refractivity contribution in [3.8, 4) is 16.9 Å². The van der Waals surface area contributed by atoms with Crippen LogP contribution >= 0.6 is 0 Å². The van der Waals surface area contributed by atoms with Crippen molar-refractivity contribution in [2.75, 3.05) is 5.73 Å². The Morgan fingerprint density at radius 2 is 1.41 bits per heavy atom. The molecule has 0 bridgehead atoms. The highest BCUT2D eigenvalue weighted by Crippen LogP contribution is 2.35. The van der Waals surface area contributed by atoms with Crippen LogP contribution in [0.15, 0.2) is 42.5 Å². The van der Waals surface area contributed by atoms with Gasteiger partial charge in [0.05, 0.1) is 5.56 Å². The van der Waals surface area contributed by atoms with Crippen LogP contribution in [0.3, 0.4) is 0 Å². The molecule has 2 nitrogen and oxygen atoms in total. The highest BCUT2D eigenvalue weighted by atomic mass is 19.4. The van der Waals surface area contributed by atoms with Crippen LogP contribution in [0.5, 0.6) is 5.75 Å². The van der Waals surface area contributed by atoms with Crippen molar-refractivity contribution >= 4 is 5.69 Å². The van der Waals surface area contributed by atoms with E-state index in [1.165, 1.54) is 12.1 Å². The summed E-state index contributed by atoms with van der Waals surface area (Å²) in [5, 5.41) is 0. The SMILES string of the molecule is Nc1cc(C(F)(F)F)ccc1-c1ccc(OC(F)(F)F)cc1. The van der Waals surface area contributed by atoms with Crippen molar-refractivity contribution in [2.45, 2.75) is 12.5 Å². The van der Waals surface area contributed by atoms with Crippen molar-refractivity contribution in [3.63, 3.8) is 0 Å². The van der Waals surface area contributed by atoms with Crippen molar-refractivity contribution in [1.29, 1.82) is 0 Å². The van der Waals surface area contributed by atoms with E-state index in [-0.39, 0.29) is 11.3 Å². The quantitative estimate of drug-likeness (QED) is 0.634. The number of anilines is 1. The number of hydrogen-bond donors (Lipinski definition) is 1. The summed E-state index contributed by atoms with van der Waals surface area (Å²) in [5.41, 5.74) is 5.22. The normalized spacial score (nSPS) is 12.3. The second-order valence-electron chi connectivity index (χ2n) is 4.37. The second-order valence-corrected chi connectivity index (χ2v) is 4.37. The van der Waals surface area contributed by atoms with Crippen LogP contribution in [0.25, 0.3) is 11.1 Å². The van der Waals surface area contributed by atoms with Crippen molar-refractivity contribution in [2.24, 2.45) is 0 Å². The first-order valence-corrected chi connectivity index (χ1v) is 5.89. The zero-order valence-electron chi connectivity index (χ0n) is 10.8. The third-order valence-electron chi connectivity index (χ3n) is 2.78. The van der Waals surface area contributed by atoms with Crippen LogP contribution in [0, 0.1) is 0 Å². The van der Waals surface area contributed by atoms with Gasteiger partial charge in [-0.3, -0.25) is 0 Å². The van der Waals surface area contributed by atoms with E-state index in [2.05, 4.69) is 4.74 Å². The van der Waals surface area contributed by atoms with E-state index in [1.54, 1.807) is 0 Å². The molecule has 0 aliphatic heterocycles.